The average molecular weight is 319 g/mol. The quantitative estimate of drug-likeness (QED) is 0.837. The number of aromatic nitrogens is 2. The number of hydrogen-bond donors (Lipinski definition) is 2. The fourth-order valence-corrected chi connectivity index (χ4v) is 2.88. The molecule has 1 aromatic heterocycles. The first-order chi connectivity index (χ1) is 11.2. The molecule has 1 fully saturated rings. The number of imidazole rings is 1. The summed E-state index contributed by atoms with van der Waals surface area (Å²) in [6.07, 6.45) is -0.344. The van der Waals surface area contributed by atoms with Crippen molar-refractivity contribution in [3.8, 4) is 0 Å². The Hall–Kier alpha value is -1.96. The summed E-state index contributed by atoms with van der Waals surface area (Å²) < 4.78 is 7.11. The summed E-state index contributed by atoms with van der Waals surface area (Å²) in [5, 5.41) is 19.2. The highest BCUT2D eigenvalue weighted by molar-refractivity contribution is 5.78. The van der Waals surface area contributed by atoms with E-state index in [0.29, 0.717) is 38.5 Å². The van der Waals surface area contributed by atoms with Crippen LogP contribution in [-0.4, -0.2) is 63.0 Å². The molecular formula is C16H21N3O4. The third-order valence-electron chi connectivity index (χ3n) is 4.02. The Morgan fingerprint density at radius 2 is 2.22 bits per heavy atom. The zero-order valence-corrected chi connectivity index (χ0v) is 12.9. The van der Waals surface area contributed by atoms with Crippen molar-refractivity contribution in [3.05, 3.63) is 30.1 Å². The van der Waals surface area contributed by atoms with E-state index in [1.165, 1.54) is 0 Å². The zero-order valence-electron chi connectivity index (χ0n) is 12.9. The smallest absolute Gasteiger partial charge is 0.224 e. The molecule has 2 aromatic rings. The van der Waals surface area contributed by atoms with Crippen LogP contribution in [0.5, 0.6) is 0 Å². The van der Waals surface area contributed by atoms with Crippen LogP contribution in [0.2, 0.25) is 0 Å². The number of fused-ring (bicyclic) bond motifs is 1. The van der Waals surface area contributed by atoms with Gasteiger partial charge < -0.3 is 24.4 Å². The number of rotatable bonds is 4. The van der Waals surface area contributed by atoms with E-state index in [4.69, 9.17) is 4.74 Å². The highest BCUT2D eigenvalue weighted by atomic mass is 16.5. The second-order valence-electron chi connectivity index (χ2n) is 5.64. The first-order valence-electron chi connectivity index (χ1n) is 7.77. The molecule has 1 amide bonds. The molecule has 3 rings (SSSR count). The van der Waals surface area contributed by atoms with Gasteiger partial charge in [-0.3, -0.25) is 4.79 Å². The third kappa shape index (κ3) is 3.52. The van der Waals surface area contributed by atoms with Crippen LogP contribution in [0.1, 0.15) is 12.2 Å². The van der Waals surface area contributed by atoms with Crippen LogP contribution in [0, 0.1) is 0 Å². The van der Waals surface area contributed by atoms with Gasteiger partial charge in [-0.15, -0.1) is 0 Å². The molecule has 1 atom stereocenters. The molecule has 2 heterocycles. The van der Waals surface area contributed by atoms with Crippen molar-refractivity contribution in [1.29, 1.82) is 0 Å². The molecule has 1 aromatic carbocycles. The van der Waals surface area contributed by atoms with E-state index in [1.54, 1.807) is 4.90 Å². The van der Waals surface area contributed by atoms with Gasteiger partial charge in [0.2, 0.25) is 5.91 Å². The molecule has 124 valence electrons. The standard InChI is InChI=1S/C16H21N3O4/c20-10-15-17-13-3-1-2-4-14(13)19(15)6-5-16(22)18-7-8-23-11-12(21)9-18/h1-4,12,20-21H,5-11H2. The minimum Gasteiger partial charge on any atom is -0.389 e. The SMILES string of the molecule is O=C(CCn1c(CO)nc2ccccc21)N1CCOCC(O)C1. The molecule has 1 unspecified atom stereocenters. The van der Waals surface area contributed by atoms with E-state index in [-0.39, 0.29) is 19.1 Å². The van der Waals surface area contributed by atoms with Gasteiger partial charge in [0.15, 0.2) is 0 Å². The predicted molar refractivity (Wildman–Crippen MR) is 83.7 cm³/mol. The van der Waals surface area contributed by atoms with Gasteiger partial charge in [0.1, 0.15) is 12.4 Å². The van der Waals surface area contributed by atoms with Crippen molar-refractivity contribution in [2.45, 2.75) is 25.7 Å². The molecule has 1 aliphatic rings. The van der Waals surface area contributed by atoms with E-state index in [2.05, 4.69) is 4.98 Å². The molecule has 1 saturated heterocycles. The third-order valence-corrected chi connectivity index (χ3v) is 4.02. The van der Waals surface area contributed by atoms with Crippen molar-refractivity contribution in [2.24, 2.45) is 0 Å². The number of aliphatic hydroxyl groups is 2. The monoisotopic (exact) mass is 319 g/mol. The normalized spacial score (nSPS) is 19.0. The van der Waals surface area contributed by atoms with Crippen LogP contribution in [0.3, 0.4) is 0 Å². The highest BCUT2D eigenvalue weighted by Crippen LogP contribution is 2.17. The lowest BCUT2D eigenvalue weighted by atomic mass is 10.3. The Bertz CT molecular complexity index is 685. The molecule has 1 aliphatic heterocycles. The molecule has 23 heavy (non-hydrogen) atoms. The van der Waals surface area contributed by atoms with Gasteiger partial charge in [0.25, 0.3) is 0 Å². The highest BCUT2D eigenvalue weighted by Gasteiger charge is 2.21. The first kappa shape index (κ1) is 15.9. The topological polar surface area (TPSA) is 87.8 Å². The molecule has 7 nitrogen and oxygen atoms in total. The van der Waals surface area contributed by atoms with Crippen molar-refractivity contribution < 1.29 is 19.7 Å². The number of aliphatic hydroxyl groups excluding tert-OH is 2. The van der Waals surface area contributed by atoms with Gasteiger partial charge in [-0.2, -0.15) is 0 Å². The van der Waals surface area contributed by atoms with E-state index in [1.807, 2.05) is 28.8 Å². The van der Waals surface area contributed by atoms with E-state index < -0.39 is 6.10 Å². The van der Waals surface area contributed by atoms with Gasteiger partial charge in [-0.25, -0.2) is 4.98 Å². The fourth-order valence-electron chi connectivity index (χ4n) is 2.88. The minimum atomic E-state index is -0.636. The number of hydrogen-bond acceptors (Lipinski definition) is 5. The summed E-state index contributed by atoms with van der Waals surface area (Å²) in [7, 11) is 0. The second-order valence-corrected chi connectivity index (χ2v) is 5.64. The average Bonchev–Trinajstić information content (AvgIpc) is 2.78. The number of ether oxygens (including phenoxy) is 1. The molecular weight excluding hydrogens is 298 g/mol. The Morgan fingerprint density at radius 1 is 1.39 bits per heavy atom. The van der Waals surface area contributed by atoms with E-state index in [0.717, 1.165) is 11.0 Å². The van der Waals surface area contributed by atoms with E-state index in [9.17, 15) is 15.0 Å². The maximum Gasteiger partial charge on any atom is 0.224 e. The summed E-state index contributed by atoms with van der Waals surface area (Å²) in [5.74, 6) is 0.523. The van der Waals surface area contributed by atoms with Crippen LogP contribution < -0.4 is 0 Å². The van der Waals surface area contributed by atoms with Crippen molar-refractivity contribution in [1.82, 2.24) is 14.5 Å². The summed E-state index contributed by atoms with van der Waals surface area (Å²) >= 11 is 0. The lowest BCUT2D eigenvalue weighted by Crippen LogP contribution is -2.38. The lowest BCUT2D eigenvalue weighted by Gasteiger charge is -2.21. The molecule has 0 spiro atoms. The summed E-state index contributed by atoms with van der Waals surface area (Å²) in [6, 6.07) is 7.61. The Balaban J connectivity index is 1.71. The van der Waals surface area contributed by atoms with Gasteiger partial charge in [-0.05, 0) is 12.1 Å². The van der Waals surface area contributed by atoms with Crippen LogP contribution in [-0.2, 0) is 22.7 Å². The second kappa shape index (κ2) is 7.08. The Kier molecular flexibility index (Phi) is 4.90. The van der Waals surface area contributed by atoms with Gasteiger partial charge >= 0.3 is 0 Å². The summed E-state index contributed by atoms with van der Waals surface area (Å²) in [6.45, 7) is 1.79. The molecule has 0 saturated carbocycles. The largest absolute Gasteiger partial charge is 0.389 e. The van der Waals surface area contributed by atoms with Crippen molar-refractivity contribution >= 4 is 16.9 Å². The maximum absolute atomic E-state index is 12.4. The number of amides is 1. The van der Waals surface area contributed by atoms with Gasteiger partial charge in [-0.1, -0.05) is 12.1 Å². The minimum absolute atomic E-state index is 0.0313. The summed E-state index contributed by atoms with van der Waals surface area (Å²) in [5.41, 5.74) is 1.71. The number of nitrogens with zero attached hydrogens (tertiary/aromatic N) is 3. The number of benzene rings is 1. The zero-order chi connectivity index (χ0) is 16.2. The van der Waals surface area contributed by atoms with Crippen molar-refractivity contribution in [2.75, 3.05) is 26.3 Å². The molecule has 0 radical (unpaired) electrons. The van der Waals surface area contributed by atoms with Crippen molar-refractivity contribution in [3.63, 3.8) is 0 Å². The summed E-state index contributed by atoms with van der Waals surface area (Å²) in [4.78, 5) is 18.4. The Morgan fingerprint density at radius 3 is 3.04 bits per heavy atom. The fraction of sp³-hybridized carbons (Fsp3) is 0.500. The molecule has 0 aliphatic carbocycles. The van der Waals surface area contributed by atoms with Gasteiger partial charge in [0, 0.05) is 26.1 Å². The van der Waals surface area contributed by atoms with Crippen LogP contribution in [0.15, 0.2) is 24.3 Å². The molecule has 0 bridgehead atoms. The number of carbonyl (C=O) groups excluding carboxylic acids is 1. The van der Waals surface area contributed by atoms with Crippen LogP contribution >= 0.6 is 0 Å². The molecule has 7 heteroatoms. The van der Waals surface area contributed by atoms with Crippen LogP contribution in [0.4, 0.5) is 0 Å². The number of aryl methyl sites for hydroxylation is 1. The Labute approximate surface area is 134 Å². The number of para-hydroxylation sites is 2. The maximum atomic E-state index is 12.4. The first-order valence-corrected chi connectivity index (χ1v) is 7.77. The lowest BCUT2D eigenvalue weighted by molar-refractivity contribution is -0.132. The van der Waals surface area contributed by atoms with E-state index >= 15 is 0 Å². The number of carbonyl (C=O) groups is 1. The number of β-amino-alcohol motifs (C(OH)–C–C–N with tert-alkyl or cyclic N) is 1. The van der Waals surface area contributed by atoms with Gasteiger partial charge in [0.05, 0.1) is 30.4 Å². The van der Waals surface area contributed by atoms with Crippen LogP contribution in [0.25, 0.3) is 11.0 Å². The predicted octanol–water partition coefficient (Wildman–Crippen LogP) is 0.138. The molecule has 2 N–H and O–H groups in total.